The van der Waals surface area contributed by atoms with Crippen molar-refractivity contribution < 1.29 is 23.0 Å². The van der Waals surface area contributed by atoms with E-state index in [4.69, 9.17) is 9.47 Å². The molecule has 3 rings (SSSR count). The number of halogens is 1. The Morgan fingerprint density at radius 1 is 1.46 bits per heavy atom. The van der Waals surface area contributed by atoms with Gasteiger partial charge >= 0.3 is 0 Å². The second-order valence-corrected chi connectivity index (χ2v) is 10.7. The third-order valence-electron chi connectivity index (χ3n) is 3.86. The van der Waals surface area contributed by atoms with Gasteiger partial charge < -0.3 is 14.6 Å². The molecule has 9 heteroatoms. The average Bonchev–Trinajstić information content (AvgIpc) is 2.81. The maximum Gasteiger partial charge on any atom is 0.188 e. The lowest BCUT2D eigenvalue weighted by Gasteiger charge is -2.36. The standard InChI is InChI=1S/C15H19IN2O5S/c1-14(2,3)24(20,21)11-6-18-12(16)5-17-13(18)4-10(11)23-9-15(19)7-22-8-15/h4-6,19H,7-9H2,1-3H3. The van der Waals surface area contributed by atoms with Crippen LogP contribution < -0.4 is 4.74 Å². The fourth-order valence-corrected chi connectivity index (χ4v) is 4.05. The lowest BCUT2D eigenvalue weighted by Crippen LogP contribution is -2.54. The second kappa shape index (κ2) is 5.82. The molecule has 0 atom stereocenters. The van der Waals surface area contributed by atoms with Crippen LogP contribution in [0, 0.1) is 3.70 Å². The number of ether oxygens (including phenoxy) is 2. The van der Waals surface area contributed by atoms with Gasteiger partial charge in [-0.05, 0) is 43.4 Å². The molecular weight excluding hydrogens is 447 g/mol. The smallest absolute Gasteiger partial charge is 0.188 e. The summed E-state index contributed by atoms with van der Waals surface area (Å²) in [6.07, 6.45) is 3.18. The molecule has 1 aliphatic heterocycles. The molecule has 2 aromatic rings. The van der Waals surface area contributed by atoms with Gasteiger partial charge in [-0.2, -0.15) is 0 Å². The number of aromatic nitrogens is 2. The Morgan fingerprint density at radius 3 is 2.67 bits per heavy atom. The quantitative estimate of drug-likeness (QED) is 0.690. The van der Waals surface area contributed by atoms with Gasteiger partial charge in [0.25, 0.3) is 0 Å². The van der Waals surface area contributed by atoms with E-state index in [0.29, 0.717) is 5.65 Å². The van der Waals surface area contributed by atoms with E-state index in [1.165, 1.54) is 6.20 Å². The summed E-state index contributed by atoms with van der Waals surface area (Å²) >= 11 is 2.09. The molecule has 0 bridgehead atoms. The molecule has 0 spiro atoms. The van der Waals surface area contributed by atoms with Crippen LogP contribution in [0.3, 0.4) is 0 Å². The zero-order valence-corrected chi connectivity index (χ0v) is 16.6. The van der Waals surface area contributed by atoms with E-state index in [1.807, 2.05) is 0 Å². The van der Waals surface area contributed by atoms with Crippen molar-refractivity contribution in [1.29, 1.82) is 0 Å². The Kier molecular flexibility index (Phi) is 4.34. The van der Waals surface area contributed by atoms with Crippen molar-refractivity contribution in [3.63, 3.8) is 0 Å². The number of hydrogen-bond acceptors (Lipinski definition) is 6. The van der Waals surface area contributed by atoms with Gasteiger partial charge in [-0.3, -0.25) is 4.40 Å². The van der Waals surface area contributed by atoms with E-state index >= 15 is 0 Å². The number of sulfone groups is 1. The van der Waals surface area contributed by atoms with Gasteiger partial charge in [-0.15, -0.1) is 0 Å². The minimum Gasteiger partial charge on any atom is -0.489 e. The van der Waals surface area contributed by atoms with Crippen LogP contribution >= 0.6 is 22.6 Å². The normalized spacial score (nSPS) is 17.7. The van der Waals surface area contributed by atoms with Crippen molar-refractivity contribution in [1.82, 2.24) is 9.38 Å². The molecule has 24 heavy (non-hydrogen) atoms. The number of rotatable bonds is 4. The first kappa shape index (κ1) is 17.9. The Balaban J connectivity index is 2.09. The third-order valence-corrected chi connectivity index (χ3v) is 7.16. The van der Waals surface area contributed by atoms with Crippen molar-refractivity contribution >= 4 is 38.1 Å². The highest BCUT2D eigenvalue weighted by Crippen LogP contribution is 2.34. The van der Waals surface area contributed by atoms with Crippen LogP contribution in [0.25, 0.3) is 5.65 Å². The summed E-state index contributed by atoms with van der Waals surface area (Å²) in [5, 5.41) is 10.1. The first-order valence-corrected chi connectivity index (χ1v) is 9.94. The Morgan fingerprint density at radius 2 is 2.12 bits per heavy atom. The molecule has 3 heterocycles. The molecule has 2 aromatic heterocycles. The summed E-state index contributed by atoms with van der Waals surface area (Å²) in [6, 6.07) is 1.59. The number of imidazole rings is 1. The molecule has 0 saturated carbocycles. The molecule has 132 valence electrons. The van der Waals surface area contributed by atoms with Gasteiger partial charge in [-0.1, -0.05) is 0 Å². The van der Waals surface area contributed by atoms with Crippen LogP contribution in [-0.4, -0.2) is 53.1 Å². The highest BCUT2D eigenvalue weighted by atomic mass is 127. The van der Waals surface area contributed by atoms with Gasteiger partial charge in [0, 0.05) is 12.3 Å². The van der Waals surface area contributed by atoms with E-state index in [9.17, 15) is 13.5 Å². The van der Waals surface area contributed by atoms with Crippen molar-refractivity contribution in [3.05, 3.63) is 22.2 Å². The van der Waals surface area contributed by atoms with Crippen molar-refractivity contribution in [2.75, 3.05) is 19.8 Å². The van der Waals surface area contributed by atoms with Gasteiger partial charge in [-0.25, -0.2) is 13.4 Å². The van der Waals surface area contributed by atoms with Crippen LogP contribution in [0.1, 0.15) is 20.8 Å². The highest BCUT2D eigenvalue weighted by Gasteiger charge is 2.39. The molecule has 1 N–H and O–H groups in total. The summed E-state index contributed by atoms with van der Waals surface area (Å²) in [5.74, 6) is 0.194. The van der Waals surface area contributed by atoms with Crippen LogP contribution in [0.5, 0.6) is 5.75 Å². The summed E-state index contributed by atoms with van der Waals surface area (Å²) in [7, 11) is -3.64. The number of fused-ring (bicyclic) bond motifs is 1. The topological polar surface area (TPSA) is 90.1 Å². The monoisotopic (exact) mass is 466 g/mol. The van der Waals surface area contributed by atoms with Crippen LogP contribution in [0.2, 0.25) is 0 Å². The SMILES string of the molecule is CC(C)(C)S(=O)(=O)c1cn2c(I)cnc2cc1OCC1(O)COC1. The largest absolute Gasteiger partial charge is 0.489 e. The lowest BCUT2D eigenvalue weighted by molar-refractivity contribution is -0.192. The molecule has 1 fully saturated rings. The minimum atomic E-state index is -3.64. The fourth-order valence-electron chi connectivity index (χ4n) is 2.23. The summed E-state index contributed by atoms with van der Waals surface area (Å²) < 4.78 is 38.1. The van der Waals surface area contributed by atoms with Crippen molar-refractivity contribution in [2.45, 2.75) is 36.0 Å². The summed E-state index contributed by atoms with van der Waals surface area (Å²) in [6.45, 7) is 5.25. The maximum absolute atomic E-state index is 13.0. The third kappa shape index (κ3) is 3.02. The van der Waals surface area contributed by atoms with Gasteiger partial charge in [0.2, 0.25) is 0 Å². The molecule has 1 saturated heterocycles. The fraction of sp³-hybridized carbons (Fsp3) is 0.533. The van der Waals surface area contributed by atoms with Crippen molar-refractivity contribution in [3.8, 4) is 5.75 Å². The number of pyridine rings is 1. The Labute approximate surface area is 154 Å². The van der Waals surface area contributed by atoms with E-state index in [1.54, 1.807) is 37.4 Å². The number of hydrogen-bond donors (Lipinski definition) is 1. The van der Waals surface area contributed by atoms with E-state index < -0.39 is 20.2 Å². The van der Waals surface area contributed by atoms with Crippen LogP contribution in [0.4, 0.5) is 0 Å². The summed E-state index contributed by atoms with van der Waals surface area (Å²) in [4.78, 5) is 4.32. The second-order valence-electron chi connectivity index (χ2n) is 6.93. The molecular formula is C15H19IN2O5S. The van der Waals surface area contributed by atoms with Crippen LogP contribution in [0.15, 0.2) is 23.4 Å². The first-order chi connectivity index (χ1) is 11.0. The molecule has 1 aliphatic rings. The molecule has 0 amide bonds. The predicted octanol–water partition coefficient (Wildman–Crippen LogP) is 1.65. The highest BCUT2D eigenvalue weighted by molar-refractivity contribution is 14.1. The number of aliphatic hydroxyl groups is 1. The zero-order chi connectivity index (χ0) is 17.8. The van der Waals surface area contributed by atoms with Gasteiger partial charge in [0.1, 0.15) is 32.2 Å². The van der Waals surface area contributed by atoms with E-state index in [2.05, 4.69) is 27.6 Å². The minimum absolute atomic E-state index is 0.0341. The maximum atomic E-state index is 13.0. The predicted molar refractivity (Wildman–Crippen MR) is 96.1 cm³/mol. The number of nitrogens with zero attached hydrogens (tertiary/aromatic N) is 2. The molecule has 0 aliphatic carbocycles. The zero-order valence-electron chi connectivity index (χ0n) is 13.6. The molecule has 0 radical (unpaired) electrons. The van der Waals surface area contributed by atoms with Crippen molar-refractivity contribution in [2.24, 2.45) is 0 Å². The summed E-state index contributed by atoms with van der Waals surface area (Å²) in [5.41, 5.74) is -0.488. The first-order valence-electron chi connectivity index (χ1n) is 7.38. The van der Waals surface area contributed by atoms with Crippen LogP contribution in [-0.2, 0) is 14.6 Å². The Bertz CT molecular complexity index is 881. The average molecular weight is 466 g/mol. The molecule has 0 unspecified atom stereocenters. The molecule has 0 aromatic carbocycles. The van der Waals surface area contributed by atoms with E-state index in [-0.39, 0.29) is 30.5 Å². The lowest BCUT2D eigenvalue weighted by atomic mass is 10.0. The Hall–Kier alpha value is -0.910. The van der Waals surface area contributed by atoms with E-state index in [0.717, 1.165) is 3.70 Å². The molecule has 7 nitrogen and oxygen atoms in total. The van der Waals surface area contributed by atoms with Gasteiger partial charge in [0.15, 0.2) is 9.84 Å². The van der Waals surface area contributed by atoms with Gasteiger partial charge in [0.05, 0.1) is 24.2 Å².